The second-order valence-corrected chi connectivity index (χ2v) is 9.63. The minimum Gasteiger partial charge on any atom is -0.396 e. The van der Waals surface area contributed by atoms with Crippen LogP contribution in [-0.4, -0.2) is 50.3 Å². The van der Waals surface area contributed by atoms with Gasteiger partial charge in [0, 0.05) is 25.1 Å². The van der Waals surface area contributed by atoms with Crippen molar-refractivity contribution in [3.05, 3.63) is 96.1 Å². The third-order valence-corrected chi connectivity index (χ3v) is 6.24. The third kappa shape index (κ3) is 6.50. The molecule has 7 heteroatoms. The molecule has 3 rings (SSSR count). The van der Waals surface area contributed by atoms with Crippen molar-refractivity contribution in [1.29, 1.82) is 0 Å². The van der Waals surface area contributed by atoms with Crippen LogP contribution >= 0.6 is 0 Å². The first-order chi connectivity index (χ1) is 15.4. The van der Waals surface area contributed by atoms with E-state index >= 15 is 0 Å². The lowest BCUT2D eigenvalue weighted by Gasteiger charge is -2.32. The van der Waals surface area contributed by atoms with Gasteiger partial charge in [0.15, 0.2) is 9.84 Å². The van der Waals surface area contributed by atoms with Crippen molar-refractivity contribution < 1.29 is 18.3 Å². The lowest BCUT2D eigenvalue weighted by molar-refractivity contribution is -0.117. The average Bonchev–Trinajstić information content (AvgIpc) is 2.78. The molecule has 0 saturated heterocycles. The van der Waals surface area contributed by atoms with Crippen LogP contribution in [0.4, 0.5) is 5.69 Å². The normalized spacial score (nSPS) is 11.6. The lowest BCUT2D eigenvalue weighted by atomic mass is 9.96. The number of amides is 1. The van der Waals surface area contributed by atoms with Gasteiger partial charge in [-0.2, -0.15) is 0 Å². The van der Waals surface area contributed by atoms with Crippen LogP contribution in [0.15, 0.2) is 89.8 Å². The van der Waals surface area contributed by atoms with Crippen LogP contribution in [-0.2, 0) is 14.6 Å². The van der Waals surface area contributed by atoms with Crippen molar-refractivity contribution in [2.75, 3.05) is 31.3 Å². The smallest absolute Gasteiger partial charge is 0.238 e. The van der Waals surface area contributed by atoms with Gasteiger partial charge in [-0.15, -0.1) is 0 Å². The van der Waals surface area contributed by atoms with E-state index in [4.69, 9.17) is 0 Å². The molecule has 0 aliphatic heterocycles. The zero-order valence-corrected chi connectivity index (χ0v) is 18.8. The standard InChI is InChI=1S/C25H28N2O4S/c1-32(30,31)23-15-13-22(14-16-23)26-24(29)19-27(17-8-18-28)25(20-9-4-2-5-10-20)21-11-6-3-7-12-21/h2-7,9-16,25,28H,8,17-19H2,1H3,(H,26,29). The highest BCUT2D eigenvalue weighted by Crippen LogP contribution is 2.28. The molecule has 0 fully saturated rings. The molecular weight excluding hydrogens is 424 g/mol. The third-order valence-electron chi connectivity index (χ3n) is 5.11. The van der Waals surface area contributed by atoms with Crippen molar-refractivity contribution in [3.8, 4) is 0 Å². The summed E-state index contributed by atoms with van der Waals surface area (Å²) in [4.78, 5) is 15.1. The number of benzene rings is 3. The van der Waals surface area contributed by atoms with Crippen LogP contribution in [0.25, 0.3) is 0 Å². The van der Waals surface area contributed by atoms with Gasteiger partial charge in [-0.1, -0.05) is 60.7 Å². The number of nitrogens with one attached hydrogen (secondary N) is 1. The fourth-order valence-corrected chi connectivity index (χ4v) is 4.26. The molecular formula is C25H28N2O4S. The molecule has 0 spiro atoms. The summed E-state index contributed by atoms with van der Waals surface area (Å²) in [5.74, 6) is -0.216. The number of hydrogen-bond donors (Lipinski definition) is 2. The number of aliphatic hydroxyl groups excluding tert-OH is 1. The highest BCUT2D eigenvalue weighted by molar-refractivity contribution is 7.90. The maximum absolute atomic E-state index is 12.9. The van der Waals surface area contributed by atoms with Crippen LogP contribution in [0.5, 0.6) is 0 Å². The first-order valence-electron chi connectivity index (χ1n) is 10.4. The second-order valence-electron chi connectivity index (χ2n) is 7.62. The van der Waals surface area contributed by atoms with Crippen molar-refractivity contribution >= 4 is 21.4 Å². The molecule has 0 aromatic heterocycles. The number of carbonyl (C=O) groups is 1. The van der Waals surface area contributed by atoms with Gasteiger partial charge < -0.3 is 10.4 Å². The summed E-state index contributed by atoms with van der Waals surface area (Å²) in [7, 11) is -3.29. The van der Waals surface area contributed by atoms with Crippen LogP contribution in [0.3, 0.4) is 0 Å². The molecule has 0 radical (unpaired) electrons. The van der Waals surface area contributed by atoms with Crippen LogP contribution in [0, 0.1) is 0 Å². The van der Waals surface area contributed by atoms with Gasteiger partial charge >= 0.3 is 0 Å². The summed E-state index contributed by atoms with van der Waals surface area (Å²) in [5.41, 5.74) is 2.64. The summed E-state index contributed by atoms with van der Waals surface area (Å²) in [6.45, 7) is 0.676. The second kappa shape index (κ2) is 11.0. The minimum absolute atomic E-state index is 0.0291. The van der Waals surface area contributed by atoms with E-state index in [1.807, 2.05) is 65.6 Å². The highest BCUT2D eigenvalue weighted by Gasteiger charge is 2.24. The number of anilines is 1. The Hall–Kier alpha value is -3.00. The Kier molecular flexibility index (Phi) is 8.16. The van der Waals surface area contributed by atoms with E-state index < -0.39 is 9.84 Å². The van der Waals surface area contributed by atoms with Crippen LogP contribution < -0.4 is 5.32 Å². The van der Waals surface area contributed by atoms with Crippen LogP contribution in [0.2, 0.25) is 0 Å². The first-order valence-corrected chi connectivity index (χ1v) is 12.3. The monoisotopic (exact) mass is 452 g/mol. The first kappa shape index (κ1) is 23.7. The van der Waals surface area contributed by atoms with E-state index in [0.29, 0.717) is 18.7 Å². The quantitative estimate of drug-likeness (QED) is 0.492. The van der Waals surface area contributed by atoms with Crippen molar-refractivity contribution in [2.24, 2.45) is 0 Å². The van der Waals surface area contributed by atoms with Gasteiger partial charge in [-0.05, 0) is 41.8 Å². The summed E-state index contributed by atoms with van der Waals surface area (Å²) in [6, 6.07) is 25.9. The molecule has 0 unspecified atom stereocenters. The lowest BCUT2D eigenvalue weighted by Crippen LogP contribution is -2.37. The Labute approximate surface area is 189 Å². The van der Waals surface area contributed by atoms with Gasteiger partial charge in [-0.3, -0.25) is 9.69 Å². The molecule has 6 nitrogen and oxygen atoms in total. The number of sulfone groups is 1. The minimum atomic E-state index is -3.29. The summed E-state index contributed by atoms with van der Waals surface area (Å²) < 4.78 is 23.3. The van der Waals surface area contributed by atoms with Crippen LogP contribution in [0.1, 0.15) is 23.6 Å². The molecule has 0 bridgehead atoms. The molecule has 1 amide bonds. The average molecular weight is 453 g/mol. The molecule has 0 aliphatic carbocycles. The predicted molar refractivity (Wildman–Crippen MR) is 126 cm³/mol. The van der Waals surface area contributed by atoms with Gasteiger partial charge in [0.2, 0.25) is 5.91 Å². The van der Waals surface area contributed by atoms with E-state index in [0.717, 1.165) is 17.4 Å². The van der Waals surface area contributed by atoms with E-state index in [1.165, 1.54) is 12.1 Å². The van der Waals surface area contributed by atoms with E-state index in [-0.39, 0.29) is 30.0 Å². The van der Waals surface area contributed by atoms with Gasteiger partial charge in [-0.25, -0.2) is 8.42 Å². The summed E-state index contributed by atoms with van der Waals surface area (Å²) >= 11 is 0. The fraction of sp³-hybridized carbons (Fsp3) is 0.240. The molecule has 0 aliphatic rings. The van der Waals surface area contributed by atoms with Gasteiger partial charge in [0.1, 0.15) is 0 Å². The molecule has 3 aromatic carbocycles. The molecule has 0 saturated carbocycles. The van der Waals surface area contributed by atoms with Crippen molar-refractivity contribution in [2.45, 2.75) is 17.4 Å². The van der Waals surface area contributed by atoms with E-state index in [2.05, 4.69) is 5.32 Å². The van der Waals surface area contributed by atoms with Gasteiger partial charge in [0.05, 0.1) is 17.5 Å². The zero-order valence-electron chi connectivity index (χ0n) is 18.0. The summed E-state index contributed by atoms with van der Waals surface area (Å²) in [6.07, 6.45) is 1.68. The largest absolute Gasteiger partial charge is 0.396 e. The van der Waals surface area contributed by atoms with Crippen molar-refractivity contribution in [1.82, 2.24) is 4.90 Å². The Morgan fingerprint density at radius 1 is 0.906 bits per heavy atom. The Morgan fingerprint density at radius 3 is 1.91 bits per heavy atom. The van der Waals surface area contributed by atoms with E-state index in [1.54, 1.807) is 12.1 Å². The molecule has 3 aromatic rings. The van der Waals surface area contributed by atoms with Gasteiger partial charge in [0.25, 0.3) is 0 Å². The molecule has 0 atom stereocenters. The fourth-order valence-electron chi connectivity index (χ4n) is 3.63. The zero-order chi connectivity index (χ0) is 23.0. The van der Waals surface area contributed by atoms with E-state index in [9.17, 15) is 18.3 Å². The molecule has 168 valence electrons. The van der Waals surface area contributed by atoms with Crippen molar-refractivity contribution in [3.63, 3.8) is 0 Å². The number of aliphatic hydroxyl groups is 1. The number of nitrogens with zero attached hydrogens (tertiary/aromatic N) is 1. The SMILES string of the molecule is CS(=O)(=O)c1ccc(NC(=O)CN(CCCO)C(c2ccccc2)c2ccccc2)cc1. The Bertz CT molecular complexity index is 1060. The molecule has 32 heavy (non-hydrogen) atoms. The maximum atomic E-state index is 12.9. The Balaban J connectivity index is 1.83. The predicted octanol–water partition coefficient (Wildman–Crippen LogP) is 3.50. The number of carbonyl (C=O) groups excluding carboxylic acids is 1. The molecule has 0 heterocycles. The number of rotatable bonds is 10. The molecule has 2 N–H and O–H groups in total. The Morgan fingerprint density at radius 2 is 1.44 bits per heavy atom. The summed E-state index contributed by atoms with van der Waals surface area (Å²) in [5, 5.41) is 12.3. The number of hydrogen-bond acceptors (Lipinski definition) is 5. The highest BCUT2D eigenvalue weighted by atomic mass is 32.2. The maximum Gasteiger partial charge on any atom is 0.238 e. The topological polar surface area (TPSA) is 86.7 Å².